The summed E-state index contributed by atoms with van der Waals surface area (Å²) in [5.74, 6) is -0.365. The summed E-state index contributed by atoms with van der Waals surface area (Å²) in [6.07, 6.45) is 1.78. The van der Waals surface area contributed by atoms with Crippen molar-refractivity contribution in [2.24, 2.45) is 7.05 Å². The van der Waals surface area contributed by atoms with Gasteiger partial charge in [0.1, 0.15) is 11.6 Å². The number of nitrogen functional groups attached to an aromatic ring is 1. The number of hydrogen-bond acceptors (Lipinski definition) is 7. The van der Waals surface area contributed by atoms with Crippen LogP contribution in [0.4, 0.5) is 5.00 Å². The molecule has 0 saturated carbocycles. The Balaban J connectivity index is 1.87. The van der Waals surface area contributed by atoms with Gasteiger partial charge in [0.25, 0.3) is 0 Å². The van der Waals surface area contributed by atoms with Crippen LogP contribution < -0.4 is 10.5 Å². The maximum Gasteiger partial charge on any atom is 0.346 e. The zero-order valence-corrected chi connectivity index (χ0v) is 12.9. The van der Waals surface area contributed by atoms with E-state index in [-0.39, 0.29) is 23.1 Å². The van der Waals surface area contributed by atoms with E-state index in [0.29, 0.717) is 0 Å². The molecule has 2 heterocycles. The van der Waals surface area contributed by atoms with Gasteiger partial charge in [0, 0.05) is 18.0 Å². The normalized spacial score (nSPS) is 10.8. The number of nitrogens with two attached hydrogens (primary N) is 1. The lowest BCUT2D eigenvalue weighted by Crippen LogP contribution is -2.06. The zero-order chi connectivity index (χ0) is 15.7. The Hall–Kier alpha value is -2.61. The maximum atomic E-state index is 11.7. The Labute approximate surface area is 130 Å². The van der Waals surface area contributed by atoms with E-state index in [9.17, 15) is 4.79 Å². The highest BCUT2D eigenvalue weighted by Gasteiger charge is 2.21. The van der Waals surface area contributed by atoms with Gasteiger partial charge >= 0.3 is 5.97 Å². The molecule has 0 aliphatic rings. The Bertz CT molecular complexity index is 840. The van der Waals surface area contributed by atoms with Gasteiger partial charge in [0.2, 0.25) is 5.88 Å². The average molecular weight is 318 g/mol. The van der Waals surface area contributed by atoms with Crippen molar-refractivity contribution < 1.29 is 14.3 Å². The molecule has 0 saturated heterocycles. The number of hydrogen-bond donors (Lipinski definition) is 1. The monoisotopic (exact) mass is 318 g/mol. The first-order chi connectivity index (χ1) is 10.6. The molecule has 114 valence electrons. The molecule has 0 amide bonds. The summed E-state index contributed by atoms with van der Waals surface area (Å²) in [4.78, 5) is 11.7. The topological polar surface area (TPSA) is 92.3 Å². The highest BCUT2D eigenvalue weighted by atomic mass is 32.1. The zero-order valence-electron chi connectivity index (χ0n) is 12.1. The van der Waals surface area contributed by atoms with Crippen LogP contribution in [0.15, 0.2) is 24.4 Å². The summed E-state index contributed by atoms with van der Waals surface area (Å²) in [7, 11) is 3.17. The number of fused-ring (bicyclic) bond motifs is 1. The third-order valence-corrected chi connectivity index (χ3v) is 3.98. The van der Waals surface area contributed by atoms with Crippen LogP contribution in [-0.2, 0) is 18.4 Å². The van der Waals surface area contributed by atoms with Crippen molar-refractivity contribution in [2.75, 3.05) is 12.8 Å². The van der Waals surface area contributed by atoms with Crippen molar-refractivity contribution in [1.82, 2.24) is 14.2 Å². The number of benzene rings is 1. The van der Waals surface area contributed by atoms with Crippen molar-refractivity contribution >= 4 is 33.4 Å². The molecule has 0 aliphatic heterocycles. The number of ether oxygens (including phenoxy) is 2. The van der Waals surface area contributed by atoms with E-state index in [1.807, 2.05) is 25.2 Å². The summed E-state index contributed by atoms with van der Waals surface area (Å²) in [6.45, 7) is 0.260. The molecule has 22 heavy (non-hydrogen) atoms. The van der Waals surface area contributed by atoms with Crippen molar-refractivity contribution in [1.29, 1.82) is 0 Å². The van der Waals surface area contributed by atoms with Gasteiger partial charge in [-0.1, -0.05) is 12.1 Å². The number of nitrogens with zero attached hydrogens (tertiary/aromatic N) is 3. The standard InChI is InChI=1S/C14H14N4O3S/c1-18-10-5-3-4-8(9(10)6-16-18)7-21-13-11(14(19)20-2)12(15)22-17-13/h3-6H,7,15H2,1-2H3. The summed E-state index contributed by atoms with van der Waals surface area (Å²) in [5, 5.41) is 5.50. The Morgan fingerprint density at radius 1 is 1.45 bits per heavy atom. The van der Waals surface area contributed by atoms with Crippen LogP contribution in [0.5, 0.6) is 5.88 Å². The molecule has 0 bridgehead atoms. The number of rotatable bonds is 4. The lowest BCUT2D eigenvalue weighted by atomic mass is 10.1. The molecule has 1 aromatic carbocycles. The second-order valence-corrected chi connectivity index (χ2v) is 5.43. The summed E-state index contributed by atoms with van der Waals surface area (Å²) in [5.41, 5.74) is 7.87. The minimum absolute atomic E-state index is 0.172. The van der Waals surface area contributed by atoms with Crippen molar-refractivity contribution in [3.63, 3.8) is 0 Å². The SMILES string of the molecule is COC(=O)c1c(OCc2cccc3c2cnn3C)nsc1N. The van der Waals surface area contributed by atoms with Crippen LogP contribution in [0, 0.1) is 0 Å². The fourth-order valence-electron chi connectivity index (χ4n) is 2.19. The molecule has 2 N–H and O–H groups in total. The summed E-state index contributed by atoms with van der Waals surface area (Å²) < 4.78 is 16.2. The predicted molar refractivity (Wildman–Crippen MR) is 82.9 cm³/mol. The molecule has 0 spiro atoms. The molecule has 3 rings (SSSR count). The number of aryl methyl sites for hydroxylation is 1. The molecule has 0 unspecified atom stereocenters. The van der Waals surface area contributed by atoms with Crippen molar-refractivity contribution in [3.8, 4) is 5.88 Å². The highest BCUT2D eigenvalue weighted by molar-refractivity contribution is 7.10. The number of esters is 1. The van der Waals surface area contributed by atoms with E-state index in [0.717, 1.165) is 28.0 Å². The molecule has 0 aliphatic carbocycles. The minimum Gasteiger partial charge on any atom is -0.471 e. The first-order valence-corrected chi connectivity index (χ1v) is 7.25. The van der Waals surface area contributed by atoms with E-state index in [2.05, 4.69) is 9.47 Å². The third-order valence-electron chi connectivity index (χ3n) is 3.32. The fourth-order valence-corrected chi connectivity index (χ4v) is 2.77. The van der Waals surface area contributed by atoms with Gasteiger partial charge < -0.3 is 15.2 Å². The predicted octanol–water partition coefficient (Wildman–Crippen LogP) is 1.98. The van der Waals surface area contributed by atoms with E-state index >= 15 is 0 Å². The molecular formula is C14H14N4O3S. The Kier molecular flexibility index (Phi) is 3.68. The molecule has 0 radical (unpaired) electrons. The lowest BCUT2D eigenvalue weighted by Gasteiger charge is -2.06. The average Bonchev–Trinajstić information content (AvgIpc) is 3.08. The van der Waals surface area contributed by atoms with Crippen LogP contribution in [0.25, 0.3) is 10.9 Å². The number of aromatic nitrogens is 3. The van der Waals surface area contributed by atoms with Gasteiger partial charge in [0.15, 0.2) is 5.56 Å². The molecule has 8 heteroatoms. The first kappa shape index (κ1) is 14.3. The summed E-state index contributed by atoms with van der Waals surface area (Å²) >= 11 is 1.00. The van der Waals surface area contributed by atoms with Gasteiger partial charge in [-0.05, 0) is 17.6 Å². The molecule has 0 atom stereocenters. The molecule has 2 aromatic heterocycles. The molecule has 3 aromatic rings. The Morgan fingerprint density at radius 3 is 3.05 bits per heavy atom. The number of carbonyl (C=O) groups excluding carboxylic acids is 1. The smallest absolute Gasteiger partial charge is 0.346 e. The largest absolute Gasteiger partial charge is 0.471 e. The van der Waals surface area contributed by atoms with Gasteiger partial charge in [-0.15, -0.1) is 0 Å². The van der Waals surface area contributed by atoms with E-state index < -0.39 is 5.97 Å². The van der Waals surface area contributed by atoms with E-state index in [1.165, 1.54) is 7.11 Å². The number of methoxy groups -OCH3 is 1. The van der Waals surface area contributed by atoms with Crippen LogP contribution >= 0.6 is 11.5 Å². The van der Waals surface area contributed by atoms with Gasteiger partial charge in [-0.2, -0.15) is 9.47 Å². The number of carbonyl (C=O) groups is 1. The second kappa shape index (κ2) is 5.64. The van der Waals surface area contributed by atoms with Gasteiger partial charge in [-0.3, -0.25) is 4.68 Å². The second-order valence-electron chi connectivity index (χ2n) is 4.63. The first-order valence-electron chi connectivity index (χ1n) is 6.47. The third kappa shape index (κ3) is 2.37. The quantitative estimate of drug-likeness (QED) is 0.739. The Morgan fingerprint density at radius 2 is 2.27 bits per heavy atom. The fraction of sp³-hybridized carbons (Fsp3) is 0.214. The van der Waals surface area contributed by atoms with E-state index in [4.69, 9.17) is 15.2 Å². The highest BCUT2D eigenvalue weighted by Crippen LogP contribution is 2.29. The molecule has 7 nitrogen and oxygen atoms in total. The van der Waals surface area contributed by atoms with E-state index in [1.54, 1.807) is 10.9 Å². The van der Waals surface area contributed by atoms with Gasteiger partial charge in [0.05, 0.1) is 18.8 Å². The van der Waals surface area contributed by atoms with Crippen LogP contribution in [0.2, 0.25) is 0 Å². The number of anilines is 1. The van der Waals surface area contributed by atoms with Gasteiger partial charge in [-0.25, -0.2) is 4.79 Å². The lowest BCUT2D eigenvalue weighted by molar-refractivity contribution is 0.0597. The maximum absolute atomic E-state index is 11.7. The molecule has 0 fully saturated rings. The van der Waals surface area contributed by atoms with Crippen LogP contribution in [0.3, 0.4) is 0 Å². The van der Waals surface area contributed by atoms with Crippen molar-refractivity contribution in [3.05, 3.63) is 35.5 Å². The molecular weight excluding hydrogens is 304 g/mol. The van der Waals surface area contributed by atoms with Crippen molar-refractivity contribution in [2.45, 2.75) is 6.61 Å². The van der Waals surface area contributed by atoms with Crippen LogP contribution in [-0.4, -0.2) is 27.2 Å². The minimum atomic E-state index is -0.555. The summed E-state index contributed by atoms with van der Waals surface area (Å²) in [6, 6.07) is 5.85. The van der Waals surface area contributed by atoms with Crippen LogP contribution in [0.1, 0.15) is 15.9 Å².